The summed E-state index contributed by atoms with van der Waals surface area (Å²) in [5.41, 5.74) is 0.372. The number of carbonyl (C=O) groups is 1. The van der Waals surface area contributed by atoms with E-state index in [0.717, 1.165) is 12.8 Å². The molecule has 0 atom stereocenters. The number of hydrogen-bond donors (Lipinski definition) is 0. The second-order valence-corrected chi connectivity index (χ2v) is 3.52. The third kappa shape index (κ3) is 2.68. The van der Waals surface area contributed by atoms with Gasteiger partial charge in [-0.15, -0.1) is 0 Å². The smallest absolute Gasteiger partial charge is 0.387 e. The Hall–Kier alpha value is -1.65. The third-order valence-corrected chi connectivity index (χ3v) is 2.14. The summed E-state index contributed by atoms with van der Waals surface area (Å²) in [6.45, 7) is -2.90. The van der Waals surface area contributed by atoms with Gasteiger partial charge in [0, 0.05) is 5.56 Å². The molecule has 2 rings (SSSR count). The van der Waals surface area contributed by atoms with Gasteiger partial charge in [0.1, 0.15) is 6.29 Å². The summed E-state index contributed by atoms with van der Waals surface area (Å²) in [7, 11) is 0. The average molecular weight is 230 g/mol. The zero-order valence-corrected chi connectivity index (χ0v) is 8.36. The molecule has 86 valence electrons. The molecule has 0 aromatic heterocycles. The monoisotopic (exact) mass is 230 g/mol. The van der Waals surface area contributed by atoms with Crippen LogP contribution < -0.4 is 9.47 Å². The van der Waals surface area contributed by atoms with E-state index >= 15 is 0 Å². The van der Waals surface area contributed by atoms with Gasteiger partial charge in [0.05, 0.1) is 6.10 Å². The van der Waals surface area contributed by atoms with Crippen LogP contribution in [-0.4, -0.2) is 19.0 Å². The van der Waals surface area contributed by atoms with Crippen molar-refractivity contribution in [3.63, 3.8) is 0 Å². The molecule has 0 spiro atoms. The van der Waals surface area contributed by atoms with Crippen LogP contribution in [0.2, 0.25) is 0 Å². The van der Waals surface area contributed by atoms with E-state index in [0.29, 0.717) is 11.8 Å². The maximum absolute atomic E-state index is 12.1. The molecule has 1 aliphatic rings. The maximum Gasteiger partial charge on any atom is 0.387 e. The fourth-order valence-electron chi connectivity index (χ4n) is 1.25. The number of rotatable bonds is 5. The lowest BCUT2D eigenvalue weighted by molar-refractivity contribution is -0.0516. The van der Waals surface area contributed by atoms with E-state index in [1.807, 2.05) is 0 Å². The summed E-state index contributed by atoms with van der Waals surface area (Å²) >= 11 is 0. The van der Waals surface area contributed by atoms with E-state index in [9.17, 15) is 13.6 Å². The first kappa shape index (κ1) is 10.9. The van der Waals surface area contributed by atoms with Crippen molar-refractivity contribution in [2.24, 2.45) is 0 Å². The van der Waals surface area contributed by atoms with Crippen molar-refractivity contribution in [2.75, 3.05) is 0 Å². The van der Waals surface area contributed by atoms with Gasteiger partial charge in [0.2, 0.25) is 0 Å². The summed E-state index contributed by atoms with van der Waals surface area (Å²) in [6.07, 6.45) is 2.49. The molecule has 0 amide bonds. The lowest BCUT2D eigenvalue weighted by atomic mass is 10.3. The highest BCUT2D eigenvalue weighted by Crippen LogP contribution is 2.34. The van der Waals surface area contributed by atoms with Gasteiger partial charge in [-0.3, -0.25) is 4.79 Å². The molecule has 1 aromatic carbocycles. The van der Waals surface area contributed by atoms with Crippen molar-refractivity contribution in [1.29, 1.82) is 0 Å². The number of ether oxygens (including phenoxy) is 2. The molecule has 0 heterocycles. The van der Waals surface area contributed by atoms with Crippen molar-refractivity contribution < 1.29 is 23.0 Å². The van der Waals surface area contributed by atoms with Gasteiger partial charge in [-0.2, -0.15) is 8.78 Å². The molecule has 0 unspecified atom stereocenters. The first-order valence-corrected chi connectivity index (χ1v) is 4.89. The van der Waals surface area contributed by atoms with Crippen molar-refractivity contribution >= 4 is 6.29 Å². The fourth-order valence-corrected chi connectivity index (χ4v) is 1.25. The molecule has 0 saturated heterocycles. The van der Waals surface area contributed by atoms with Crippen LogP contribution in [0.3, 0.4) is 0 Å². The summed E-state index contributed by atoms with van der Waals surface area (Å²) in [5.74, 6) is 0.167. The molecule has 0 aliphatic heterocycles. The first-order chi connectivity index (χ1) is 7.69. The third-order valence-electron chi connectivity index (χ3n) is 2.14. The van der Waals surface area contributed by atoms with Crippen LogP contribution in [0.15, 0.2) is 18.2 Å². The van der Waals surface area contributed by atoms with Crippen LogP contribution in [0.4, 0.5) is 8.78 Å². The molecule has 0 radical (unpaired) electrons. The zero-order chi connectivity index (χ0) is 11.5. The normalized spacial score (nSPS) is 14.9. The quantitative estimate of drug-likeness (QED) is 0.729. The molecule has 1 saturated carbocycles. The van der Waals surface area contributed by atoms with Gasteiger partial charge in [-0.1, -0.05) is 0 Å². The van der Waals surface area contributed by atoms with Gasteiger partial charge >= 0.3 is 6.61 Å². The SMILES string of the molecule is O=[14CH]c1ccc(OC(F)F)c(OC2CC2)c1. The highest BCUT2D eigenvalue weighted by Gasteiger charge is 2.25. The molecule has 5 heteroatoms. The van der Waals surface area contributed by atoms with E-state index in [2.05, 4.69) is 4.74 Å². The first-order valence-electron chi connectivity index (χ1n) is 4.89. The Labute approximate surface area is 91.0 Å². The number of halogens is 2. The summed E-state index contributed by atoms with van der Waals surface area (Å²) in [5, 5.41) is 0. The highest BCUT2D eigenvalue weighted by atomic mass is 19.3. The molecular weight excluding hydrogens is 220 g/mol. The minimum absolute atomic E-state index is 0.0347. The van der Waals surface area contributed by atoms with Crippen molar-refractivity contribution in [1.82, 2.24) is 0 Å². The predicted octanol–water partition coefficient (Wildman–Crippen LogP) is 2.64. The van der Waals surface area contributed by atoms with Crippen LogP contribution in [0.5, 0.6) is 11.5 Å². The molecule has 1 fully saturated rings. The highest BCUT2D eigenvalue weighted by molar-refractivity contribution is 5.76. The van der Waals surface area contributed by atoms with E-state index in [-0.39, 0.29) is 17.6 Å². The summed E-state index contributed by atoms with van der Waals surface area (Å²) in [4.78, 5) is 10.5. The zero-order valence-electron chi connectivity index (χ0n) is 8.36. The fraction of sp³-hybridized carbons (Fsp3) is 0.364. The number of carbonyl (C=O) groups excluding carboxylic acids is 1. The van der Waals surface area contributed by atoms with E-state index in [1.165, 1.54) is 18.2 Å². The number of hydrogen-bond acceptors (Lipinski definition) is 3. The number of aldehydes is 1. The summed E-state index contributed by atoms with van der Waals surface area (Å²) < 4.78 is 33.9. The van der Waals surface area contributed by atoms with Gasteiger partial charge in [0.25, 0.3) is 0 Å². The second-order valence-electron chi connectivity index (χ2n) is 3.52. The Morgan fingerprint density at radius 2 is 2.06 bits per heavy atom. The molecule has 0 N–H and O–H groups in total. The number of alkyl halides is 2. The standard InChI is InChI=1S/C11H10F2O3/c12-11(13)16-9-4-1-7(6-14)5-10(9)15-8-2-3-8/h1,4-6,8,11H,2-3H2/i6+2. The topological polar surface area (TPSA) is 35.5 Å². The van der Waals surface area contributed by atoms with Crippen LogP contribution in [0.25, 0.3) is 0 Å². The van der Waals surface area contributed by atoms with Crippen LogP contribution >= 0.6 is 0 Å². The minimum atomic E-state index is -2.90. The largest absolute Gasteiger partial charge is 0.487 e. The lowest BCUT2D eigenvalue weighted by Crippen LogP contribution is -2.05. The lowest BCUT2D eigenvalue weighted by Gasteiger charge is -2.11. The number of benzene rings is 1. The second kappa shape index (κ2) is 4.47. The van der Waals surface area contributed by atoms with E-state index in [4.69, 9.17) is 4.74 Å². The maximum atomic E-state index is 12.1. The van der Waals surface area contributed by atoms with Gasteiger partial charge in [0.15, 0.2) is 11.5 Å². The molecule has 3 nitrogen and oxygen atoms in total. The molecule has 16 heavy (non-hydrogen) atoms. The van der Waals surface area contributed by atoms with E-state index in [1.54, 1.807) is 0 Å². The van der Waals surface area contributed by atoms with E-state index < -0.39 is 6.61 Å². The van der Waals surface area contributed by atoms with Crippen molar-refractivity contribution in [3.8, 4) is 11.5 Å². The molecule has 1 aromatic rings. The Morgan fingerprint density at radius 1 is 1.31 bits per heavy atom. The van der Waals surface area contributed by atoms with Gasteiger partial charge in [-0.25, -0.2) is 0 Å². The Kier molecular flexibility index (Phi) is 3.03. The van der Waals surface area contributed by atoms with Gasteiger partial charge in [-0.05, 0) is 31.0 Å². The van der Waals surface area contributed by atoms with Crippen molar-refractivity contribution in [3.05, 3.63) is 23.8 Å². The summed E-state index contributed by atoms with van der Waals surface area (Å²) in [6, 6.07) is 4.13. The molecular formula is C11H10F2O3. The molecule has 1 aliphatic carbocycles. The van der Waals surface area contributed by atoms with Gasteiger partial charge < -0.3 is 9.47 Å². The average Bonchev–Trinajstić information content (AvgIpc) is 3.04. The minimum Gasteiger partial charge on any atom is -0.487 e. The van der Waals surface area contributed by atoms with Crippen LogP contribution in [0, 0.1) is 0 Å². The predicted molar refractivity (Wildman–Crippen MR) is 52.1 cm³/mol. The Bertz CT molecular complexity index is 389. The van der Waals surface area contributed by atoms with Crippen LogP contribution in [-0.2, 0) is 0 Å². The molecule has 0 bridgehead atoms. The van der Waals surface area contributed by atoms with Crippen LogP contribution in [0.1, 0.15) is 23.2 Å². The Morgan fingerprint density at radius 3 is 2.62 bits per heavy atom. The van der Waals surface area contributed by atoms with Crippen molar-refractivity contribution in [2.45, 2.75) is 25.6 Å². The Balaban J connectivity index is 2.22.